The van der Waals surface area contributed by atoms with Gasteiger partial charge < -0.3 is 9.80 Å². The molecule has 0 aromatic heterocycles. The summed E-state index contributed by atoms with van der Waals surface area (Å²) in [5, 5.41) is 0. The first kappa shape index (κ1) is 17.5. The number of carbonyl (C=O) groups is 3. The summed E-state index contributed by atoms with van der Waals surface area (Å²) in [7, 11) is 3.36. The van der Waals surface area contributed by atoms with Gasteiger partial charge in [-0.05, 0) is 36.6 Å². The summed E-state index contributed by atoms with van der Waals surface area (Å²) < 4.78 is 0. The zero-order valence-electron chi connectivity index (χ0n) is 15.9. The molecule has 138 valence electrons. The lowest BCUT2D eigenvalue weighted by atomic mass is 9.64. The van der Waals surface area contributed by atoms with Crippen LogP contribution in [0.5, 0.6) is 0 Å². The van der Waals surface area contributed by atoms with Gasteiger partial charge in [0, 0.05) is 25.5 Å². The van der Waals surface area contributed by atoms with Gasteiger partial charge in [0.1, 0.15) is 10.8 Å². The standard InChI is InChI=1S/C22H22N2O3/c1-5-22(15-11-7-9-13-17(15)24(4)20(22)27)18(25)21(2)14-10-6-8-12-16(14)23(3)19(21)26/h6-13H,5H2,1-4H3/t21-,22-/m1/s1. The highest BCUT2D eigenvalue weighted by atomic mass is 16.2. The van der Waals surface area contributed by atoms with Crippen LogP contribution < -0.4 is 9.80 Å². The Bertz CT molecular complexity index is 999. The van der Waals surface area contributed by atoms with Gasteiger partial charge >= 0.3 is 0 Å². The van der Waals surface area contributed by atoms with Crippen molar-refractivity contribution in [3.05, 3.63) is 59.7 Å². The van der Waals surface area contributed by atoms with Crippen molar-refractivity contribution < 1.29 is 14.4 Å². The third kappa shape index (κ3) is 1.86. The number of nitrogens with zero attached hydrogens (tertiary/aromatic N) is 2. The van der Waals surface area contributed by atoms with Crippen molar-refractivity contribution in [2.24, 2.45) is 0 Å². The van der Waals surface area contributed by atoms with E-state index < -0.39 is 10.8 Å². The van der Waals surface area contributed by atoms with Crippen LogP contribution in [-0.4, -0.2) is 31.7 Å². The van der Waals surface area contributed by atoms with Gasteiger partial charge in [-0.2, -0.15) is 0 Å². The highest BCUT2D eigenvalue weighted by molar-refractivity contribution is 6.32. The first-order valence-corrected chi connectivity index (χ1v) is 9.12. The molecule has 0 saturated carbocycles. The second-order valence-electron chi connectivity index (χ2n) is 7.48. The van der Waals surface area contributed by atoms with E-state index in [0.29, 0.717) is 17.5 Å². The molecule has 0 unspecified atom stereocenters. The van der Waals surface area contributed by atoms with Crippen molar-refractivity contribution in [3.63, 3.8) is 0 Å². The number of benzene rings is 2. The smallest absolute Gasteiger partial charge is 0.245 e. The Labute approximate surface area is 158 Å². The predicted octanol–water partition coefficient (Wildman–Crippen LogP) is 2.81. The second-order valence-corrected chi connectivity index (χ2v) is 7.48. The third-order valence-corrected chi connectivity index (χ3v) is 6.30. The number of carbonyl (C=O) groups excluding carboxylic acids is 3. The number of ketones is 1. The minimum atomic E-state index is -1.39. The van der Waals surface area contributed by atoms with E-state index in [1.165, 1.54) is 9.80 Å². The third-order valence-electron chi connectivity index (χ3n) is 6.30. The molecule has 0 N–H and O–H groups in total. The lowest BCUT2D eigenvalue weighted by Gasteiger charge is -2.33. The number of para-hydroxylation sites is 2. The maximum Gasteiger partial charge on any atom is 0.245 e. The van der Waals surface area contributed by atoms with Gasteiger partial charge in [0.15, 0.2) is 5.78 Å². The molecule has 5 nitrogen and oxygen atoms in total. The topological polar surface area (TPSA) is 57.7 Å². The van der Waals surface area contributed by atoms with Gasteiger partial charge in [0.25, 0.3) is 0 Å². The monoisotopic (exact) mass is 362 g/mol. The molecule has 2 atom stereocenters. The van der Waals surface area contributed by atoms with E-state index in [-0.39, 0.29) is 17.6 Å². The molecule has 0 aliphatic carbocycles. The van der Waals surface area contributed by atoms with Crippen LogP contribution in [0.2, 0.25) is 0 Å². The molecule has 0 bridgehead atoms. The first-order chi connectivity index (χ1) is 12.8. The van der Waals surface area contributed by atoms with E-state index in [4.69, 9.17) is 0 Å². The largest absolute Gasteiger partial charge is 0.314 e. The maximum atomic E-state index is 14.1. The highest BCUT2D eigenvalue weighted by Crippen LogP contribution is 2.51. The van der Waals surface area contributed by atoms with Crippen molar-refractivity contribution in [1.29, 1.82) is 0 Å². The number of rotatable bonds is 3. The number of anilines is 2. The van der Waals surface area contributed by atoms with Crippen LogP contribution in [0.25, 0.3) is 0 Å². The van der Waals surface area contributed by atoms with Gasteiger partial charge in [0.05, 0.1) is 0 Å². The normalized spacial score (nSPS) is 26.4. The summed E-state index contributed by atoms with van der Waals surface area (Å²) in [5.74, 6) is -0.903. The van der Waals surface area contributed by atoms with Gasteiger partial charge in [-0.3, -0.25) is 14.4 Å². The van der Waals surface area contributed by atoms with Crippen LogP contribution in [-0.2, 0) is 25.2 Å². The summed E-state index contributed by atoms with van der Waals surface area (Å²) >= 11 is 0. The van der Waals surface area contributed by atoms with Crippen LogP contribution in [0.1, 0.15) is 31.4 Å². The first-order valence-electron chi connectivity index (χ1n) is 9.12. The molecule has 2 heterocycles. The van der Waals surface area contributed by atoms with E-state index in [1.54, 1.807) is 21.0 Å². The number of likely N-dealkylation sites (N-methyl/N-ethyl adjacent to an activating group) is 2. The summed E-state index contributed by atoms with van der Waals surface area (Å²) in [6, 6.07) is 14.7. The van der Waals surface area contributed by atoms with E-state index in [2.05, 4.69) is 0 Å². The van der Waals surface area contributed by atoms with E-state index >= 15 is 0 Å². The predicted molar refractivity (Wildman–Crippen MR) is 104 cm³/mol. The average molecular weight is 362 g/mol. The van der Waals surface area contributed by atoms with Crippen LogP contribution in [0.15, 0.2) is 48.5 Å². The van der Waals surface area contributed by atoms with Crippen molar-refractivity contribution >= 4 is 29.0 Å². The number of Topliss-reactive ketones (excluding diaryl/α,β-unsaturated/α-hetero) is 1. The van der Waals surface area contributed by atoms with Crippen LogP contribution in [0, 0.1) is 0 Å². The minimum Gasteiger partial charge on any atom is -0.314 e. The number of hydrogen-bond acceptors (Lipinski definition) is 3. The average Bonchev–Trinajstić information content (AvgIpc) is 3.04. The van der Waals surface area contributed by atoms with Crippen molar-refractivity contribution in [3.8, 4) is 0 Å². The van der Waals surface area contributed by atoms with Gasteiger partial charge in [-0.15, -0.1) is 0 Å². The Morgan fingerprint density at radius 3 is 1.93 bits per heavy atom. The molecule has 0 radical (unpaired) electrons. The van der Waals surface area contributed by atoms with Gasteiger partial charge in [0.2, 0.25) is 11.8 Å². The van der Waals surface area contributed by atoms with E-state index in [0.717, 1.165) is 11.4 Å². The lowest BCUT2D eigenvalue weighted by molar-refractivity contribution is -0.141. The highest BCUT2D eigenvalue weighted by Gasteiger charge is 2.63. The molecule has 2 amide bonds. The van der Waals surface area contributed by atoms with E-state index in [9.17, 15) is 14.4 Å². The Kier molecular flexibility index (Phi) is 3.57. The molecule has 0 saturated heterocycles. The Morgan fingerprint density at radius 2 is 1.33 bits per heavy atom. The van der Waals surface area contributed by atoms with Gasteiger partial charge in [-0.25, -0.2) is 0 Å². The van der Waals surface area contributed by atoms with Crippen molar-refractivity contribution in [2.75, 3.05) is 23.9 Å². The molecule has 0 fully saturated rings. The second kappa shape index (κ2) is 5.52. The molecule has 4 rings (SSSR count). The van der Waals surface area contributed by atoms with Crippen molar-refractivity contribution in [2.45, 2.75) is 31.1 Å². The molecular formula is C22H22N2O3. The molecule has 5 heteroatoms. The molecule has 0 spiro atoms. The summed E-state index contributed by atoms with van der Waals surface area (Å²) in [5.41, 5.74) is 0.0508. The molecule has 2 aliphatic heterocycles. The lowest BCUT2D eigenvalue weighted by Crippen LogP contribution is -2.55. The van der Waals surface area contributed by atoms with Crippen LogP contribution in [0.4, 0.5) is 11.4 Å². The summed E-state index contributed by atoms with van der Waals surface area (Å²) in [4.78, 5) is 43.7. The van der Waals surface area contributed by atoms with Crippen LogP contribution >= 0.6 is 0 Å². The van der Waals surface area contributed by atoms with Crippen molar-refractivity contribution in [1.82, 2.24) is 0 Å². The Balaban J connectivity index is 1.97. The fourth-order valence-corrected chi connectivity index (χ4v) is 4.75. The fourth-order valence-electron chi connectivity index (χ4n) is 4.75. The van der Waals surface area contributed by atoms with Gasteiger partial charge in [-0.1, -0.05) is 43.3 Å². The zero-order valence-corrected chi connectivity index (χ0v) is 15.9. The maximum absolute atomic E-state index is 14.1. The number of fused-ring (bicyclic) bond motifs is 2. The molecule has 2 aromatic rings. The molecular weight excluding hydrogens is 340 g/mol. The van der Waals surface area contributed by atoms with E-state index in [1.807, 2.05) is 55.5 Å². The number of hydrogen-bond donors (Lipinski definition) is 0. The van der Waals surface area contributed by atoms with Crippen LogP contribution in [0.3, 0.4) is 0 Å². The SMILES string of the molecule is CC[C@@]1(C(=O)[C@]2(C)C(=O)N(C)c3ccccc32)C(=O)N(C)c2ccccc21. The molecule has 2 aliphatic rings. The number of amides is 2. The summed E-state index contributed by atoms with van der Waals surface area (Å²) in [6.07, 6.45) is 0.306. The molecule has 2 aromatic carbocycles. The quantitative estimate of drug-likeness (QED) is 0.789. The minimum absolute atomic E-state index is 0.266. The Morgan fingerprint density at radius 1 is 0.852 bits per heavy atom. The Hall–Kier alpha value is -2.95. The molecule has 27 heavy (non-hydrogen) atoms. The summed E-state index contributed by atoms with van der Waals surface area (Å²) in [6.45, 7) is 3.50. The fraction of sp³-hybridized carbons (Fsp3) is 0.318. The zero-order chi connectivity index (χ0) is 19.6.